The second kappa shape index (κ2) is 10.8. The lowest BCUT2D eigenvalue weighted by Crippen LogP contribution is -2.57. The summed E-state index contributed by atoms with van der Waals surface area (Å²) in [6.07, 6.45) is 1.18. The molecule has 1 aliphatic rings. The molecule has 1 saturated heterocycles. The Morgan fingerprint density at radius 3 is 2.58 bits per heavy atom. The number of rotatable bonds is 6. The molecule has 2 rings (SSSR count). The Labute approximate surface area is 157 Å². The molecule has 0 saturated carbocycles. The van der Waals surface area contributed by atoms with Crippen molar-refractivity contribution in [1.82, 2.24) is 5.32 Å². The van der Waals surface area contributed by atoms with Crippen LogP contribution in [0.4, 0.5) is 5.69 Å². The van der Waals surface area contributed by atoms with E-state index in [9.17, 15) is 4.79 Å². The summed E-state index contributed by atoms with van der Waals surface area (Å²) in [6.45, 7) is 7.61. The van der Waals surface area contributed by atoms with Crippen LogP contribution in [0.2, 0.25) is 0 Å². The number of aryl methyl sites for hydroxylation is 1. The highest BCUT2D eigenvalue weighted by Gasteiger charge is 2.35. The van der Waals surface area contributed by atoms with Crippen molar-refractivity contribution in [3.8, 4) is 0 Å². The number of amides is 1. The average Bonchev–Trinajstić information content (AvgIpc) is 2.52. The van der Waals surface area contributed by atoms with Gasteiger partial charge in [-0.3, -0.25) is 4.79 Å². The van der Waals surface area contributed by atoms with Crippen molar-refractivity contribution in [1.29, 1.82) is 0 Å². The monoisotopic (exact) mass is 377 g/mol. The van der Waals surface area contributed by atoms with E-state index >= 15 is 0 Å². The lowest BCUT2D eigenvalue weighted by Gasteiger charge is -2.32. The maximum Gasteiger partial charge on any atom is 0.240 e. The molecule has 7 heteroatoms. The Morgan fingerprint density at radius 1 is 1.33 bits per heavy atom. The Morgan fingerprint density at radius 2 is 2.00 bits per heavy atom. The van der Waals surface area contributed by atoms with Crippen molar-refractivity contribution in [3.05, 3.63) is 29.8 Å². The fraction of sp³-hybridized carbons (Fsp3) is 0.588. The highest BCUT2D eigenvalue weighted by molar-refractivity contribution is 5.86. The first-order valence-electron chi connectivity index (χ1n) is 8.02. The van der Waals surface area contributed by atoms with Gasteiger partial charge in [-0.15, -0.1) is 24.8 Å². The molecule has 0 aliphatic carbocycles. The summed E-state index contributed by atoms with van der Waals surface area (Å²) in [5, 5.41) is 2.98. The van der Waals surface area contributed by atoms with Gasteiger partial charge in [0.1, 0.15) is 0 Å². The third kappa shape index (κ3) is 6.13. The van der Waals surface area contributed by atoms with E-state index in [2.05, 4.69) is 48.3 Å². The first-order valence-corrected chi connectivity index (χ1v) is 8.02. The standard InChI is InChI=1S/C17H27N3O2.2ClH/c1-3-20(15-6-4-5-14(2)13-15)10-9-19-16(21)17(18)7-11-22-12-8-17;;/h4-6,13H,3,7-12,18H2,1-2H3,(H,19,21);2*1H. The number of nitrogens with two attached hydrogens (primary N) is 1. The number of hydrogen-bond acceptors (Lipinski definition) is 4. The third-order valence-electron chi connectivity index (χ3n) is 4.25. The van der Waals surface area contributed by atoms with Gasteiger partial charge in [-0.05, 0) is 44.4 Å². The van der Waals surface area contributed by atoms with Gasteiger partial charge in [0.25, 0.3) is 0 Å². The number of hydrogen-bond donors (Lipinski definition) is 2. The topological polar surface area (TPSA) is 67.6 Å². The van der Waals surface area contributed by atoms with Crippen LogP contribution >= 0.6 is 24.8 Å². The minimum atomic E-state index is -0.765. The first kappa shape index (κ1) is 23.0. The molecule has 5 nitrogen and oxygen atoms in total. The maximum atomic E-state index is 12.3. The van der Waals surface area contributed by atoms with Crippen LogP contribution < -0.4 is 16.0 Å². The number of anilines is 1. The predicted molar refractivity (Wildman–Crippen MR) is 104 cm³/mol. The summed E-state index contributed by atoms with van der Waals surface area (Å²) in [4.78, 5) is 14.5. The zero-order chi connectivity index (χ0) is 16.0. The number of carbonyl (C=O) groups is 1. The molecular formula is C17H29Cl2N3O2. The van der Waals surface area contributed by atoms with Gasteiger partial charge >= 0.3 is 0 Å². The molecule has 0 spiro atoms. The van der Waals surface area contributed by atoms with E-state index < -0.39 is 5.54 Å². The molecule has 0 aromatic heterocycles. The third-order valence-corrected chi connectivity index (χ3v) is 4.25. The average molecular weight is 378 g/mol. The number of ether oxygens (including phenoxy) is 1. The van der Waals surface area contributed by atoms with E-state index in [-0.39, 0.29) is 30.7 Å². The Balaban J connectivity index is 0.00000264. The van der Waals surface area contributed by atoms with E-state index in [4.69, 9.17) is 10.5 Å². The zero-order valence-electron chi connectivity index (χ0n) is 14.4. The summed E-state index contributed by atoms with van der Waals surface area (Å²) < 4.78 is 5.28. The smallest absolute Gasteiger partial charge is 0.240 e. The molecular weight excluding hydrogens is 349 g/mol. The van der Waals surface area contributed by atoms with Crippen LogP contribution in [0.3, 0.4) is 0 Å². The van der Waals surface area contributed by atoms with E-state index in [1.807, 2.05) is 0 Å². The molecule has 1 fully saturated rings. The predicted octanol–water partition coefficient (Wildman–Crippen LogP) is 2.29. The molecule has 24 heavy (non-hydrogen) atoms. The Kier molecular flexibility index (Phi) is 10.3. The molecule has 1 amide bonds. The molecule has 0 bridgehead atoms. The van der Waals surface area contributed by atoms with Crippen molar-refractivity contribution in [2.24, 2.45) is 5.73 Å². The highest BCUT2D eigenvalue weighted by Crippen LogP contribution is 2.18. The minimum Gasteiger partial charge on any atom is -0.381 e. The van der Waals surface area contributed by atoms with E-state index in [0.717, 1.165) is 13.1 Å². The van der Waals surface area contributed by atoms with E-state index in [0.29, 0.717) is 32.6 Å². The van der Waals surface area contributed by atoms with Gasteiger partial charge in [0, 0.05) is 38.5 Å². The quantitative estimate of drug-likeness (QED) is 0.797. The second-order valence-corrected chi connectivity index (χ2v) is 5.94. The van der Waals surface area contributed by atoms with Crippen molar-refractivity contribution in [2.75, 3.05) is 37.7 Å². The van der Waals surface area contributed by atoms with Crippen LogP contribution in [-0.2, 0) is 9.53 Å². The van der Waals surface area contributed by atoms with Crippen LogP contribution in [-0.4, -0.2) is 44.3 Å². The number of nitrogens with one attached hydrogen (secondary N) is 1. The van der Waals surface area contributed by atoms with Crippen LogP contribution in [0.5, 0.6) is 0 Å². The number of nitrogens with zero attached hydrogens (tertiary/aromatic N) is 1. The van der Waals surface area contributed by atoms with Crippen LogP contribution in [0.15, 0.2) is 24.3 Å². The zero-order valence-corrected chi connectivity index (χ0v) is 16.0. The largest absolute Gasteiger partial charge is 0.381 e. The van der Waals surface area contributed by atoms with Gasteiger partial charge in [-0.25, -0.2) is 0 Å². The fourth-order valence-electron chi connectivity index (χ4n) is 2.74. The van der Waals surface area contributed by atoms with Crippen LogP contribution in [0.25, 0.3) is 0 Å². The number of halogens is 2. The van der Waals surface area contributed by atoms with Crippen molar-refractivity contribution in [3.63, 3.8) is 0 Å². The molecule has 1 aromatic carbocycles. The first-order chi connectivity index (χ1) is 10.5. The van der Waals surface area contributed by atoms with Crippen LogP contribution in [0.1, 0.15) is 25.3 Å². The minimum absolute atomic E-state index is 0. The van der Waals surface area contributed by atoms with Gasteiger partial charge in [-0.1, -0.05) is 12.1 Å². The summed E-state index contributed by atoms with van der Waals surface area (Å²) in [5.41, 5.74) is 7.84. The summed E-state index contributed by atoms with van der Waals surface area (Å²) >= 11 is 0. The molecule has 1 aliphatic heterocycles. The SMILES string of the molecule is CCN(CCNC(=O)C1(N)CCOCC1)c1cccc(C)c1.Cl.Cl. The summed E-state index contributed by atoms with van der Waals surface area (Å²) in [7, 11) is 0. The Bertz CT molecular complexity index is 508. The maximum absolute atomic E-state index is 12.3. The molecule has 1 aromatic rings. The normalized spacial score (nSPS) is 15.6. The van der Waals surface area contributed by atoms with E-state index in [1.54, 1.807) is 0 Å². The molecule has 0 atom stereocenters. The lowest BCUT2D eigenvalue weighted by molar-refractivity contribution is -0.129. The van der Waals surface area contributed by atoms with Crippen molar-refractivity contribution >= 4 is 36.4 Å². The van der Waals surface area contributed by atoms with Gasteiger partial charge in [0.2, 0.25) is 5.91 Å². The van der Waals surface area contributed by atoms with Gasteiger partial charge in [0.05, 0.1) is 5.54 Å². The number of likely N-dealkylation sites (N-methyl/N-ethyl adjacent to an activating group) is 1. The van der Waals surface area contributed by atoms with Gasteiger partial charge < -0.3 is 20.7 Å². The van der Waals surface area contributed by atoms with Crippen LogP contribution in [0, 0.1) is 6.92 Å². The van der Waals surface area contributed by atoms with Crippen molar-refractivity contribution in [2.45, 2.75) is 32.2 Å². The number of carbonyl (C=O) groups excluding carboxylic acids is 1. The van der Waals surface area contributed by atoms with E-state index in [1.165, 1.54) is 11.3 Å². The summed E-state index contributed by atoms with van der Waals surface area (Å²) in [6, 6.07) is 8.40. The fourth-order valence-corrected chi connectivity index (χ4v) is 2.74. The van der Waals surface area contributed by atoms with Gasteiger partial charge in [0.15, 0.2) is 0 Å². The highest BCUT2D eigenvalue weighted by atomic mass is 35.5. The molecule has 1 heterocycles. The molecule has 0 radical (unpaired) electrons. The van der Waals surface area contributed by atoms with Gasteiger partial charge in [-0.2, -0.15) is 0 Å². The van der Waals surface area contributed by atoms with Crippen molar-refractivity contribution < 1.29 is 9.53 Å². The second-order valence-electron chi connectivity index (χ2n) is 5.94. The molecule has 3 N–H and O–H groups in total. The Hall–Kier alpha value is -1.01. The number of benzene rings is 1. The molecule has 0 unspecified atom stereocenters. The summed E-state index contributed by atoms with van der Waals surface area (Å²) in [5.74, 6) is -0.0592. The molecule has 138 valence electrons. The lowest BCUT2D eigenvalue weighted by atomic mass is 9.90.